The lowest BCUT2D eigenvalue weighted by molar-refractivity contribution is -0.148. The first kappa shape index (κ1) is 20.1. The van der Waals surface area contributed by atoms with Gasteiger partial charge in [0.15, 0.2) is 0 Å². The zero-order valence-electron chi connectivity index (χ0n) is 16.8. The first-order valence-corrected chi connectivity index (χ1v) is 9.86. The molecule has 0 spiro atoms. The second-order valence-corrected chi connectivity index (χ2v) is 7.12. The molecular weight excluding hydrogens is 352 g/mol. The number of anilines is 1. The van der Waals surface area contributed by atoms with E-state index in [0.717, 1.165) is 40.8 Å². The van der Waals surface area contributed by atoms with Crippen molar-refractivity contribution in [1.29, 1.82) is 0 Å². The van der Waals surface area contributed by atoms with E-state index in [1.165, 1.54) is 7.11 Å². The Labute approximate surface area is 166 Å². The molecule has 2 aromatic rings. The van der Waals surface area contributed by atoms with Crippen LogP contribution in [0.5, 0.6) is 0 Å². The first-order valence-electron chi connectivity index (χ1n) is 9.86. The van der Waals surface area contributed by atoms with Crippen LogP contribution in [0.2, 0.25) is 0 Å². The predicted octanol–water partition coefficient (Wildman–Crippen LogP) is 3.35. The number of amides is 1. The van der Waals surface area contributed by atoms with Crippen molar-refractivity contribution in [3.63, 3.8) is 0 Å². The van der Waals surface area contributed by atoms with Gasteiger partial charge in [-0.15, -0.1) is 0 Å². The van der Waals surface area contributed by atoms with Gasteiger partial charge in [0.25, 0.3) is 0 Å². The van der Waals surface area contributed by atoms with E-state index in [4.69, 9.17) is 4.74 Å². The number of benzene rings is 2. The average Bonchev–Trinajstić information content (AvgIpc) is 2.72. The normalized spacial score (nSPS) is 16.3. The van der Waals surface area contributed by atoms with E-state index in [1.54, 1.807) is 0 Å². The number of nitrogens with zero attached hydrogens (tertiary/aromatic N) is 1. The molecule has 148 valence electrons. The summed E-state index contributed by atoms with van der Waals surface area (Å²) in [4.78, 5) is 27.1. The van der Waals surface area contributed by atoms with Crippen molar-refractivity contribution in [3.8, 4) is 0 Å². The van der Waals surface area contributed by atoms with Gasteiger partial charge in [0.1, 0.15) is 6.04 Å². The molecule has 28 heavy (non-hydrogen) atoms. The number of ether oxygens (including phenoxy) is 1. The lowest BCUT2D eigenvalue weighted by Crippen LogP contribution is -2.49. The molecule has 0 bridgehead atoms. The fourth-order valence-electron chi connectivity index (χ4n) is 3.88. The van der Waals surface area contributed by atoms with Crippen LogP contribution in [0.15, 0.2) is 42.5 Å². The first-order chi connectivity index (χ1) is 13.6. The fourth-order valence-corrected chi connectivity index (χ4v) is 3.88. The summed E-state index contributed by atoms with van der Waals surface area (Å²) in [5.41, 5.74) is 5.45. The number of para-hydroxylation sites is 1. The van der Waals surface area contributed by atoms with Crippen LogP contribution in [-0.4, -0.2) is 36.5 Å². The van der Waals surface area contributed by atoms with Crippen LogP contribution in [0.4, 0.5) is 5.69 Å². The Morgan fingerprint density at radius 1 is 1.04 bits per heavy atom. The zero-order valence-corrected chi connectivity index (χ0v) is 16.8. The highest BCUT2D eigenvalue weighted by Crippen LogP contribution is 2.25. The van der Waals surface area contributed by atoms with Gasteiger partial charge in [0, 0.05) is 12.2 Å². The van der Waals surface area contributed by atoms with E-state index in [-0.39, 0.29) is 18.4 Å². The van der Waals surface area contributed by atoms with Crippen LogP contribution in [-0.2, 0) is 40.1 Å². The highest BCUT2D eigenvalue weighted by atomic mass is 16.5. The molecule has 1 atom stereocenters. The van der Waals surface area contributed by atoms with Gasteiger partial charge in [-0.3, -0.25) is 14.5 Å². The number of rotatable bonds is 6. The largest absolute Gasteiger partial charge is 0.468 e. The summed E-state index contributed by atoms with van der Waals surface area (Å²) in [6.45, 7) is 4.87. The Balaban J connectivity index is 1.80. The summed E-state index contributed by atoms with van der Waals surface area (Å²) in [6.07, 6.45) is 2.26. The topological polar surface area (TPSA) is 58.6 Å². The fraction of sp³-hybridized carbons (Fsp3) is 0.391. The quantitative estimate of drug-likeness (QED) is 0.781. The summed E-state index contributed by atoms with van der Waals surface area (Å²) < 4.78 is 5.00. The maximum Gasteiger partial charge on any atom is 0.323 e. The van der Waals surface area contributed by atoms with E-state index in [9.17, 15) is 9.59 Å². The van der Waals surface area contributed by atoms with Crippen LogP contribution in [0.25, 0.3) is 0 Å². The molecule has 0 aliphatic carbocycles. The third-order valence-corrected chi connectivity index (χ3v) is 5.43. The van der Waals surface area contributed by atoms with E-state index in [0.29, 0.717) is 13.0 Å². The summed E-state index contributed by atoms with van der Waals surface area (Å²) in [5, 5.41) is 3.10. The Kier molecular flexibility index (Phi) is 6.47. The Hall–Kier alpha value is -2.66. The van der Waals surface area contributed by atoms with Crippen LogP contribution in [0.1, 0.15) is 36.1 Å². The van der Waals surface area contributed by atoms with Crippen molar-refractivity contribution in [2.24, 2.45) is 0 Å². The zero-order chi connectivity index (χ0) is 20.1. The van der Waals surface area contributed by atoms with Crippen molar-refractivity contribution in [2.45, 2.75) is 45.7 Å². The van der Waals surface area contributed by atoms with Crippen LogP contribution in [0.3, 0.4) is 0 Å². The van der Waals surface area contributed by atoms with E-state index in [2.05, 4.69) is 25.2 Å². The maximum atomic E-state index is 12.9. The lowest BCUT2D eigenvalue weighted by Gasteiger charge is -2.34. The number of methoxy groups -OCH3 is 1. The van der Waals surface area contributed by atoms with Crippen molar-refractivity contribution < 1.29 is 14.3 Å². The summed E-state index contributed by atoms with van der Waals surface area (Å²) in [6, 6.07) is 13.7. The molecule has 1 heterocycles. The molecule has 5 heteroatoms. The molecule has 0 radical (unpaired) electrons. The van der Waals surface area contributed by atoms with Gasteiger partial charge < -0.3 is 10.1 Å². The third kappa shape index (κ3) is 4.25. The molecule has 0 unspecified atom stereocenters. The second kappa shape index (κ2) is 9.02. The van der Waals surface area contributed by atoms with Crippen molar-refractivity contribution in [3.05, 3.63) is 64.7 Å². The van der Waals surface area contributed by atoms with Crippen LogP contribution in [0, 0.1) is 0 Å². The molecule has 1 aliphatic heterocycles. The van der Waals surface area contributed by atoms with Crippen molar-refractivity contribution in [1.82, 2.24) is 4.90 Å². The second-order valence-electron chi connectivity index (χ2n) is 7.12. The predicted molar refractivity (Wildman–Crippen MR) is 110 cm³/mol. The van der Waals surface area contributed by atoms with Gasteiger partial charge in [-0.25, -0.2) is 0 Å². The minimum atomic E-state index is -0.447. The molecule has 1 aliphatic rings. The van der Waals surface area contributed by atoms with E-state index >= 15 is 0 Å². The smallest absolute Gasteiger partial charge is 0.323 e. The molecule has 0 saturated carbocycles. The van der Waals surface area contributed by atoms with E-state index in [1.807, 2.05) is 41.3 Å². The number of fused-ring (bicyclic) bond motifs is 1. The number of hydrogen-bond donors (Lipinski definition) is 1. The molecule has 0 fully saturated rings. The highest BCUT2D eigenvalue weighted by molar-refractivity contribution is 5.94. The van der Waals surface area contributed by atoms with Gasteiger partial charge in [-0.2, -0.15) is 0 Å². The Morgan fingerprint density at radius 2 is 1.68 bits per heavy atom. The van der Waals surface area contributed by atoms with Gasteiger partial charge in [0.2, 0.25) is 5.91 Å². The summed E-state index contributed by atoms with van der Waals surface area (Å²) in [5.74, 6) is -0.408. The number of hydrogen-bond acceptors (Lipinski definition) is 4. The molecule has 0 aromatic heterocycles. The SMILES string of the molecule is CCc1cccc(CC)c1NC(=O)CN1Cc2ccccc2C[C@@H]1C(=O)OC. The molecule has 2 aromatic carbocycles. The number of esters is 1. The molecule has 1 N–H and O–H groups in total. The van der Waals surface area contributed by atoms with Gasteiger partial charge in [-0.05, 0) is 41.5 Å². The summed E-state index contributed by atoms with van der Waals surface area (Å²) in [7, 11) is 1.39. The minimum Gasteiger partial charge on any atom is -0.468 e. The Bertz CT molecular complexity index is 840. The average molecular weight is 380 g/mol. The van der Waals surface area contributed by atoms with Crippen molar-refractivity contribution >= 4 is 17.6 Å². The van der Waals surface area contributed by atoms with Gasteiger partial charge in [-0.1, -0.05) is 56.3 Å². The van der Waals surface area contributed by atoms with Gasteiger partial charge in [0.05, 0.1) is 13.7 Å². The molecular formula is C23H28N2O3. The minimum absolute atomic E-state index is 0.108. The lowest BCUT2D eigenvalue weighted by atomic mass is 9.94. The van der Waals surface area contributed by atoms with Crippen molar-refractivity contribution in [2.75, 3.05) is 19.0 Å². The monoisotopic (exact) mass is 380 g/mol. The molecule has 5 nitrogen and oxygen atoms in total. The number of carbonyl (C=O) groups excluding carboxylic acids is 2. The van der Waals surface area contributed by atoms with Gasteiger partial charge >= 0.3 is 5.97 Å². The molecule has 1 amide bonds. The Morgan fingerprint density at radius 3 is 2.29 bits per heavy atom. The highest BCUT2D eigenvalue weighted by Gasteiger charge is 2.33. The van der Waals surface area contributed by atoms with E-state index < -0.39 is 6.04 Å². The maximum absolute atomic E-state index is 12.9. The number of nitrogens with one attached hydrogen (secondary N) is 1. The summed E-state index contributed by atoms with van der Waals surface area (Å²) >= 11 is 0. The number of carbonyl (C=O) groups is 2. The third-order valence-electron chi connectivity index (χ3n) is 5.43. The molecule has 3 rings (SSSR count). The molecule has 0 saturated heterocycles. The standard InChI is InChI=1S/C23H28N2O3/c1-4-16-11-8-12-17(5-2)22(16)24-21(26)15-25-14-19-10-7-6-9-18(19)13-20(25)23(27)28-3/h6-12,20H,4-5,13-15H2,1-3H3,(H,24,26)/t20-/m1/s1. The number of aryl methyl sites for hydroxylation is 2. The van der Waals surface area contributed by atoms with Crippen LogP contribution >= 0.6 is 0 Å². The van der Waals surface area contributed by atoms with Crippen LogP contribution < -0.4 is 5.32 Å².